The van der Waals surface area contributed by atoms with Gasteiger partial charge in [-0.1, -0.05) is 30.3 Å². The highest BCUT2D eigenvalue weighted by Gasteiger charge is 2.40. The number of hydrogen-bond acceptors (Lipinski definition) is 3. The fourth-order valence-corrected chi connectivity index (χ4v) is 2.43. The van der Waals surface area contributed by atoms with Crippen molar-refractivity contribution >= 4 is 13.0 Å². The molecule has 1 saturated heterocycles. The molecule has 4 nitrogen and oxygen atoms in total. The molecule has 5 heteroatoms. The van der Waals surface area contributed by atoms with E-state index in [9.17, 15) is 14.9 Å². The summed E-state index contributed by atoms with van der Waals surface area (Å²) in [4.78, 5) is 13.0. The molecule has 0 aliphatic carbocycles. The van der Waals surface area contributed by atoms with Crippen molar-refractivity contribution in [1.29, 1.82) is 0 Å². The fourth-order valence-electron chi connectivity index (χ4n) is 2.43. The lowest BCUT2D eigenvalue weighted by Crippen LogP contribution is -2.35. The Hall–Kier alpha value is -1.33. The van der Waals surface area contributed by atoms with E-state index in [1.807, 2.05) is 30.3 Å². The molecule has 1 aliphatic heterocycles. The molecule has 1 heterocycles. The van der Waals surface area contributed by atoms with Crippen LogP contribution in [0.2, 0.25) is 6.82 Å². The number of hydrogen-bond donors (Lipinski definition) is 2. The van der Waals surface area contributed by atoms with Crippen molar-refractivity contribution in [3.63, 3.8) is 0 Å². The molecular weight excluding hydrogens is 217 g/mol. The van der Waals surface area contributed by atoms with Gasteiger partial charge in [-0.25, -0.2) is 0 Å². The van der Waals surface area contributed by atoms with E-state index in [1.165, 1.54) is 0 Å². The lowest BCUT2D eigenvalue weighted by atomic mass is 9.85. The van der Waals surface area contributed by atoms with Crippen LogP contribution in [0.25, 0.3) is 0 Å². The fraction of sp³-hybridized carbons (Fsp3) is 0.417. The maximum atomic E-state index is 11.2. The van der Waals surface area contributed by atoms with Crippen LogP contribution in [0, 0.1) is 5.92 Å². The van der Waals surface area contributed by atoms with Crippen molar-refractivity contribution in [2.45, 2.75) is 12.7 Å². The van der Waals surface area contributed by atoms with Crippen molar-refractivity contribution in [3.05, 3.63) is 35.9 Å². The van der Waals surface area contributed by atoms with Gasteiger partial charge < -0.3 is 14.9 Å². The van der Waals surface area contributed by atoms with Crippen LogP contribution in [0.1, 0.15) is 11.5 Å². The van der Waals surface area contributed by atoms with Gasteiger partial charge in [0.1, 0.15) is 0 Å². The molecule has 1 aromatic rings. The van der Waals surface area contributed by atoms with Crippen LogP contribution in [-0.4, -0.2) is 41.1 Å². The minimum atomic E-state index is -0.790. The van der Waals surface area contributed by atoms with Gasteiger partial charge in [0.05, 0.1) is 5.92 Å². The number of benzene rings is 1. The molecule has 2 atom stereocenters. The van der Waals surface area contributed by atoms with Crippen LogP contribution in [0.5, 0.6) is 0 Å². The summed E-state index contributed by atoms with van der Waals surface area (Å²) in [6, 6.07) is 9.65. The summed E-state index contributed by atoms with van der Waals surface area (Å²) in [5, 5.41) is 18.8. The predicted octanol–water partition coefficient (Wildman–Crippen LogP) is 0.897. The summed E-state index contributed by atoms with van der Waals surface area (Å²) in [6.45, 7) is 2.68. The molecule has 0 amide bonds. The van der Waals surface area contributed by atoms with Crippen LogP contribution in [-0.2, 0) is 4.79 Å². The van der Waals surface area contributed by atoms with Crippen LogP contribution < -0.4 is 0 Å². The molecule has 0 saturated carbocycles. The number of carbonyl (C=O) groups is 1. The Labute approximate surface area is 101 Å². The minimum Gasteiger partial charge on any atom is -0.481 e. The largest absolute Gasteiger partial charge is 0.481 e. The van der Waals surface area contributed by atoms with Crippen LogP contribution >= 0.6 is 0 Å². The number of nitrogens with zero attached hydrogens (tertiary/aromatic N) is 1. The van der Waals surface area contributed by atoms with E-state index in [0.717, 1.165) is 5.56 Å². The zero-order valence-electron chi connectivity index (χ0n) is 9.78. The van der Waals surface area contributed by atoms with E-state index in [-0.39, 0.29) is 5.92 Å². The van der Waals surface area contributed by atoms with Crippen LogP contribution in [0.3, 0.4) is 0 Å². The molecule has 0 radical (unpaired) electrons. The number of rotatable bonds is 3. The topological polar surface area (TPSA) is 60.8 Å². The molecule has 0 unspecified atom stereocenters. The molecule has 1 aliphatic rings. The van der Waals surface area contributed by atoms with Crippen molar-refractivity contribution in [2.75, 3.05) is 13.1 Å². The first-order valence-electron chi connectivity index (χ1n) is 5.79. The molecule has 2 N–H and O–H groups in total. The first kappa shape index (κ1) is 12.1. The van der Waals surface area contributed by atoms with E-state index in [2.05, 4.69) is 0 Å². The standard InChI is InChI=1S/C12H16BNO3/c1-13(17)14-7-10(11(8-14)12(15)16)9-5-3-2-4-6-9/h2-6,10-11,17H,7-8H2,1H3,(H,15,16)/t10-,11+/m0/s1. The Bertz CT molecular complexity index is 396. The number of carboxylic acids is 1. The zero-order valence-corrected chi connectivity index (χ0v) is 9.78. The highest BCUT2D eigenvalue weighted by Crippen LogP contribution is 2.32. The average Bonchev–Trinajstić information content (AvgIpc) is 2.75. The van der Waals surface area contributed by atoms with Crippen LogP contribution in [0.4, 0.5) is 0 Å². The number of carboxylic acid groups (broad SMARTS) is 1. The minimum absolute atomic E-state index is 0.0386. The van der Waals surface area contributed by atoms with Gasteiger partial charge in [-0.05, 0) is 18.9 Å². The van der Waals surface area contributed by atoms with Gasteiger partial charge in [0.15, 0.2) is 0 Å². The molecular formula is C12H16BNO3. The van der Waals surface area contributed by atoms with E-state index >= 15 is 0 Å². The first-order chi connectivity index (χ1) is 8.09. The van der Waals surface area contributed by atoms with Gasteiger partial charge in [0.25, 0.3) is 0 Å². The predicted molar refractivity (Wildman–Crippen MR) is 65.7 cm³/mol. The Balaban J connectivity index is 2.23. The monoisotopic (exact) mass is 233 g/mol. The lowest BCUT2D eigenvalue weighted by Gasteiger charge is -2.16. The number of aliphatic carboxylic acids is 1. The molecule has 17 heavy (non-hydrogen) atoms. The highest BCUT2D eigenvalue weighted by molar-refractivity contribution is 6.45. The highest BCUT2D eigenvalue weighted by atomic mass is 16.4. The Morgan fingerprint density at radius 3 is 2.53 bits per heavy atom. The van der Waals surface area contributed by atoms with Gasteiger partial charge >= 0.3 is 13.0 Å². The van der Waals surface area contributed by atoms with Crippen molar-refractivity contribution < 1.29 is 14.9 Å². The van der Waals surface area contributed by atoms with Crippen molar-refractivity contribution in [3.8, 4) is 0 Å². The van der Waals surface area contributed by atoms with E-state index < -0.39 is 18.9 Å². The quantitative estimate of drug-likeness (QED) is 0.761. The lowest BCUT2D eigenvalue weighted by molar-refractivity contribution is -0.141. The Kier molecular flexibility index (Phi) is 3.50. The van der Waals surface area contributed by atoms with Crippen molar-refractivity contribution in [1.82, 2.24) is 4.81 Å². The third-order valence-corrected chi connectivity index (χ3v) is 3.42. The third kappa shape index (κ3) is 2.51. The maximum absolute atomic E-state index is 11.2. The van der Waals surface area contributed by atoms with Crippen LogP contribution in [0.15, 0.2) is 30.3 Å². The van der Waals surface area contributed by atoms with Gasteiger partial charge in [0, 0.05) is 12.5 Å². The molecule has 0 spiro atoms. The summed E-state index contributed by atoms with van der Waals surface area (Å²) in [6.07, 6.45) is 0. The normalized spacial score (nSPS) is 24.8. The molecule has 90 valence electrons. The molecule has 1 aromatic carbocycles. The van der Waals surface area contributed by atoms with E-state index in [4.69, 9.17) is 0 Å². The van der Waals surface area contributed by atoms with E-state index in [0.29, 0.717) is 13.1 Å². The first-order valence-corrected chi connectivity index (χ1v) is 5.79. The van der Waals surface area contributed by atoms with Gasteiger partial charge in [-0.3, -0.25) is 4.79 Å². The summed E-state index contributed by atoms with van der Waals surface area (Å²) in [7, 11) is -0.592. The third-order valence-electron chi connectivity index (χ3n) is 3.42. The summed E-state index contributed by atoms with van der Waals surface area (Å²) >= 11 is 0. The van der Waals surface area contributed by atoms with Gasteiger partial charge in [-0.2, -0.15) is 0 Å². The van der Waals surface area contributed by atoms with Gasteiger partial charge in [0.2, 0.25) is 0 Å². The summed E-state index contributed by atoms with van der Waals surface area (Å²) in [5.74, 6) is -1.27. The smallest absolute Gasteiger partial charge is 0.376 e. The maximum Gasteiger partial charge on any atom is 0.376 e. The van der Waals surface area contributed by atoms with Crippen molar-refractivity contribution in [2.24, 2.45) is 5.92 Å². The molecule has 1 fully saturated rings. The molecule has 2 rings (SSSR count). The second kappa shape index (κ2) is 4.90. The molecule has 0 bridgehead atoms. The average molecular weight is 233 g/mol. The second-order valence-corrected chi connectivity index (χ2v) is 4.55. The molecule has 0 aromatic heterocycles. The zero-order chi connectivity index (χ0) is 12.4. The Morgan fingerprint density at radius 2 is 2.00 bits per heavy atom. The second-order valence-electron chi connectivity index (χ2n) is 4.55. The van der Waals surface area contributed by atoms with E-state index in [1.54, 1.807) is 11.6 Å². The SMILES string of the molecule is CB(O)N1C[C@@H](C(=O)O)[C@H](c2ccccc2)C1. The summed E-state index contributed by atoms with van der Waals surface area (Å²) in [5.41, 5.74) is 1.03. The summed E-state index contributed by atoms with van der Waals surface area (Å²) < 4.78 is 0. The van der Waals surface area contributed by atoms with Gasteiger partial charge in [-0.15, -0.1) is 0 Å². The Morgan fingerprint density at radius 1 is 1.35 bits per heavy atom.